The van der Waals surface area contributed by atoms with Gasteiger partial charge in [-0.15, -0.1) is 5.10 Å². The van der Waals surface area contributed by atoms with E-state index in [1.807, 2.05) is 0 Å². The average molecular weight is 381 g/mol. The molecule has 0 aliphatic rings. The monoisotopic (exact) mass is 380 g/mol. The van der Waals surface area contributed by atoms with Crippen LogP contribution in [0.15, 0.2) is 54.9 Å². The molecule has 1 N–H and O–H groups in total. The second-order valence-electron chi connectivity index (χ2n) is 5.40. The van der Waals surface area contributed by atoms with Gasteiger partial charge in [0, 0.05) is 0 Å². The molecule has 134 valence electrons. The van der Waals surface area contributed by atoms with Crippen LogP contribution >= 0.6 is 11.6 Å². The van der Waals surface area contributed by atoms with Gasteiger partial charge in [-0.3, -0.25) is 10.1 Å². The maximum absolute atomic E-state index is 12.8. The number of aromatic nitrogens is 3. The zero-order valence-electron chi connectivity index (χ0n) is 13.2. The van der Waals surface area contributed by atoms with Gasteiger partial charge in [-0.2, -0.15) is 13.2 Å². The van der Waals surface area contributed by atoms with Crippen LogP contribution in [-0.2, 0) is 12.7 Å². The summed E-state index contributed by atoms with van der Waals surface area (Å²) in [4.78, 5) is 16.1. The smallest absolute Gasteiger partial charge is 0.289 e. The largest absolute Gasteiger partial charge is 0.416 e. The van der Waals surface area contributed by atoms with Crippen molar-refractivity contribution in [2.24, 2.45) is 0 Å². The van der Waals surface area contributed by atoms with E-state index in [0.717, 1.165) is 12.1 Å². The van der Waals surface area contributed by atoms with Gasteiger partial charge >= 0.3 is 6.18 Å². The van der Waals surface area contributed by atoms with Crippen molar-refractivity contribution < 1.29 is 18.0 Å². The van der Waals surface area contributed by atoms with Crippen molar-refractivity contribution in [3.05, 3.63) is 76.6 Å². The molecule has 0 bridgehead atoms. The van der Waals surface area contributed by atoms with Crippen LogP contribution in [-0.4, -0.2) is 20.7 Å². The van der Waals surface area contributed by atoms with Crippen molar-refractivity contribution in [2.45, 2.75) is 12.7 Å². The molecule has 0 spiro atoms. The highest BCUT2D eigenvalue weighted by molar-refractivity contribution is 6.34. The molecule has 0 unspecified atom stereocenters. The Labute approximate surface area is 151 Å². The molecule has 0 saturated heterocycles. The Morgan fingerprint density at radius 2 is 1.92 bits per heavy atom. The zero-order valence-corrected chi connectivity index (χ0v) is 13.9. The molecule has 0 aliphatic heterocycles. The topological polar surface area (TPSA) is 59.8 Å². The minimum Gasteiger partial charge on any atom is -0.289 e. The van der Waals surface area contributed by atoms with E-state index in [4.69, 9.17) is 11.6 Å². The summed E-state index contributed by atoms with van der Waals surface area (Å²) in [5, 5.41) is 6.82. The Kier molecular flexibility index (Phi) is 4.94. The number of carbonyl (C=O) groups is 1. The highest BCUT2D eigenvalue weighted by atomic mass is 35.5. The molecule has 1 heterocycles. The first-order chi connectivity index (χ1) is 12.3. The summed E-state index contributed by atoms with van der Waals surface area (Å²) in [5.74, 6) is -0.450. The lowest BCUT2D eigenvalue weighted by molar-refractivity contribution is -0.137. The number of nitrogens with one attached hydrogen (secondary N) is 1. The minimum atomic E-state index is -4.41. The second kappa shape index (κ2) is 7.17. The molecule has 0 radical (unpaired) electrons. The molecular weight excluding hydrogens is 369 g/mol. The van der Waals surface area contributed by atoms with Gasteiger partial charge in [0.05, 0.1) is 22.7 Å². The van der Waals surface area contributed by atoms with Gasteiger partial charge in [0.25, 0.3) is 5.91 Å². The summed E-state index contributed by atoms with van der Waals surface area (Å²) in [7, 11) is 0. The molecule has 2 aromatic carbocycles. The average Bonchev–Trinajstić information content (AvgIpc) is 3.01. The van der Waals surface area contributed by atoms with Crippen molar-refractivity contribution in [1.82, 2.24) is 14.8 Å². The van der Waals surface area contributed by atoms with E-state index in [1.54, 1.807) is 30.3 Å². The van der Waals surface area contributed by atoms with Gasteiger partial charge < -0.3 is 0 Å². The molecular formula is C17H12ClF3N4O. The molecule has 3 rings (SSSR count). The maximum Gasteiger partial charge on any atom is 0.416 e. The Morgan fingerprint density at radius 3 is 2.65 bits per heavy atom. The number of anilines is 1. The van der Waals surface area contributed by atoms with Crippen LogP contribution < -0.4 is 5.32 Å². The number of amides is 1. The second-order valence-corrected chi connectivity index (χ2v) is 5.81. The number of rotatable bonds is 4. The molecule has 0 fully saturated rings. The van der Waals surface area contributed by atoms with Crippen LogP contribution in [0.4, 0.5) is 19.1 Å². The lowest BCUT2D eigenvalue weighted by atomic mass is 10.1. The lowest BCUT2D eigenvalue weighted by Gasteiger charge is -2.08. The highest BCUT2D eigenvalue weighted by Crippen LogP contribution is 2.29. The summed E-state index contributed by atoms with van der Waals surface area (Å²) in [5.41, 5.74) is -0.0561. The van der Waals surface area contributed by atoms with Crippen LogP contribution in [0.25, 0.3) is 0 Å². The number of alkyl halides is 3. The van der Waals surface area contributed by atoms with E-state index in [-0.39, 0.29) is 23.1 Å². The van der Waals surface area contributed by atoms with E-state index in [1.165, 1.54) is 17.1 Å². The molecule has 0 aliphatic carbocycles. The van der Waals surface area contributed by atoms with E-state index in [2.05, 4.69) is 15.4 Å². The number of carbonyl (C=O) groups excluding carboxylic acids is 1. The number of benzene rings is 2. The van der Waals surface area contributed by atoms with Crippen molar-refractivity contribution in [2.75, 3.05) is 5.32 Å². The third-order valence-corrected chi connectivity index (χ3v) is 3.81. The Morgan fingerprint density at radius 1 is 1.15 bits per heavy atom. The molecule has 0 saturated carbocycles. The van der Waals surface area contributed by atoms with E-state index in [0.29, 0.717) is 5.56 Å². The molecule has 1 aromatic heterocycles. The van der Waals surface area contributed by atoms with Gasteiger partial charge in [0.15, 0.2) is 0 Å². The standard InChI is InChI=1S/C17H12ClF3N4O/c18-14-7-2-1-6-13(14)15(26)23-16-22-10-25(24-16)9-11-4-3-5-12(8-11)17(19,20)21/h1-8,10H,9H2,(H,23,24,26). The zero-order chi connectivity index (χ0) is 18.7. The van der Waals surface area contributed by atoms with Crippen molar-refractivity contribution in [3.63, 3.8) is 0 Å². The summed E-state index contributed by atoms with van der Waals surface area (Å²) < 4.78 is 39.6. The van der Waals surface area contributed by atoms with Gasteiger partial charge in [-0.25, -0.2) is 9.67 Å². The third kappa shape index (κ3) is 4.20. The first-order valence-electron chi connectivity index (χ1n) is 7.44. The predicted octanol–water partition coefficient (Wildman–Crippen LogP) is 4.25. The fraction of sp³-hybridized carbons (Fsp3) is 0.118. The van der Waals surface area contributed by atoms with Crippen LogP contribution in [0.3, 0.4) is 0 Å². The molecule has 3 aromatic rings. The predicted molar refractivity (Wildman–Crippen MR) is 90.0 cm³/mol. The number of nitrogens with zero attached hydrogens (tertiary/aromatic N) is 3. The first-order valence-corrected chi connectivity index (χ1v) is 7.82. The fourth-order valence-corrected chi connectivity index (χ4v) is 2.50. The first kappa shape index (κ1) is 17.9. The van der Waals surface area contributed by atoms with Crippen molar-refractivity contribution in [3.8, 4) is 0 Å². The highest BCUT2D eigenvalue weighted by Gasteiger charge is 2.30. The number of hydrogen-bond acceptors (Lipinski definition) is 3. The van der Waals surface area contributed by atoms with E-state index >= 15 is 0 Å². The SMILES string of the molecule is O=C(Nc1ncn(Cc2cccc(C(F)(F)F)c2)n1)c1ccccc1Cl. The summed E-state index contributed by atoms with van der Waals surface area (Å²) >= 11 is 5.95. The van der Waals surface area contributed by atoms with Crippen LogP contribution in [0.5, 0.6) is 0 Å². The molecule has 1 amide bonds. The van der Waals surface area contributed by atoms with Gasteiger partial charge in [0.2, 0.25) is 5.95 Å². The molecule has 9 heteroatoms. The number of hydrogen-bond donors (Lipinski definition) is 1. The van der Waals surface area contributed by atoms with Gasteiger partial charge in [-0.1, -0.05) is 35.9 Å². The number of halogens is 4. The Hall–Kier alpha value is -2.87. The van der Waals surface area contributed by atoms with Crippen LogP contribution in [0, 0.1) is 0 Å². The van der Waals surface area contributed by atoms with Gasteiger partial charge in [-0.05, 0) is 29.8 Å². The summed E-state index contributed by atoms with van der Waals surface area (Å²) in [6.07, 6.45) is -3.09. The molecule has 26 heavy (non-hydrogen) atoms. The summed E-state index contributed by atoms with van der Waals surface area (Å²) in [6, 6.07) is 11.4. The maximum atomic E-state index is 12.8. The Balaban J connectivity index is 1.71. The van der Waals surface area contributed by atoms with Gasteiger partial charge in [0.1, 0.15) is 6.33 Å². The van der Waals surface area contributed by atoms with Crippen molar-refractivity contribution in [1.29, 1.82) is 0 Å². The lowest BCUT2D eigenvalue weighted by Crippen LogP contribution is -2.14. The Bertz CT molecular complexity index is 940. The quantitative estimate of drug-likeness (QED) is 0.736. The minimum absolute atomic E-state index is 0.0295. The fourth-order valence-electron chi connectivity index (χ4n) is 2.28. The van der Waals surface area contributed by atoms with Crippen molar-refractivity contribution >= 4 is 23.5 Å². The molecule has 0 atom stereocenters. The normalized spacial score (nSPS) is 11.4. The van der Waals surface area contributed by atoms with Crippen LogP contribution in [0.2, 0.25) is 5.02 Å². The molecule has 5 nitrogen and oxygen atoms in total. The third-order valence-electron chi connectivity index (χ3n) is 3.48. The van der Waals surface area contributed by atoms with Crippen LogP contribution in [0.1, 0.15) is 21.5 Å². The van der Waals surface area contributed by atoms with E-state index in [9.17, 15) is 18.0 Å². The van der Waals surface area contributed by atoms with E-state index < -0.39 is 17.6 Å². The summed E-state index contributed by atoms with van der Waals surface area (Å²) in [6.45, 7) is 0.0822.